The first kappa shape index (κ1) is 25.9. The minimum Gasteiger partial charge on any atom is -0.357 e. The molecule has 30 heavy (non-hydrogen) atoms. The van der Waals surface area contributed by atoms with Gasteiger partial charge in [0.1, 0.15) is 0 Å². The van der Waals surface area contributed by atoms with Gasteiger partial charge in [0.25, 0.3) is 5.91 Å². The topological polar surface area (TPSA) is 83.3 Å². The first-order valence-corrected chi connectivity index (χ1v) is 10.3. The minimum atomic E-state index is -0.0487. The number of benzene rings is 1. The van der Waals surface area contributed by atoms with Crippen molar-refractivity contribution in [1.82, 2.24) is 25.7 Å². The first-order chi connectivity index (χ1) is 13.8. The molecule has 3 N–H and O–H groups in total. The lowest BCUT2D eigenvalue weighted by Crippen LogP contribution is -2.43. The number of aromatic nitrogens is 2. The highest BCUT2D eigenvalue weighted by molar-refractivity contribution is 14.0. The molecule has 0 radical (unpaired) electrons. The second-order valence-corrected chi connectivity index (χ2v) is 7.27. The van der Waals surface area contributed by atoms with E-state index in [9.17, 15) is 4.79 Å². The largest absolute Gasteiger partial charge is 0.357 e. The van der Waals surface area contributed by atoms with Gasteiger partial charge in [-0.05, 0) is 64.3 Å². The number of nitrogens with one attached hydrogen (secondary N) is 3. The van der Waals surface area contributed by atoms with Gasteiger partial charge in [0, 0.05) is 37.4 Å². The van der Waals surface area contributed by atoms with Gasteiger partial charge in [-0.2, -0.15) is 5.10 Å². The van der Waals surface area contributed by atoms with Crippen LogP contribution < -0.4 is 16.0 Å². The lowest BCUT2D eigenvalue weighted by atomic mass is 10.1. The van der Waals surface area contributed by atoms with Crippen molar-refractivity contribution in [2.45, 2.75) is 53.6 Å². The molecule has 1 aromatic carbocycles. The number of guanidine groups is 1. The summed E-state index contributed by atoms with van der Waals surface area (Å²) >= 11 is 0. The van der Waals surface area contributed by atoms with E-state index in [2.05, 4.69) is 48.7 Å². The Labute approximate surface area is 197 Å². The summed E-state index contributed by atoms with van der Waals surface area (Å²) in [5, 5.41) is 14.1. The third kappa shape index (κ3) is 7.30. The van der Waals surface area contributed by atoms with Crippen molar-refractivity contribution < 1.29 is 4.79 Å². The normalized spacial score (nSPS) is 12.1. The SMILES string of the molecule is CCNC(=O)c1ccc(CN=C(NCC)NC(C)Cc2c(C)nn(C)c2C)cc1.I. The molecule has 1 unspecified atom stereocenters. The van der Waals surface area contributed by atoms with Crippen LogP contribution in [0.3, 0.4) is 0 Å². The molecular weight excluding hydrogens is 491 g/mol. The van der Waals surface area contributed by atoms with E-state index in [-0.39, 0.29) is 35.9 Å². The highest BCUT2D eigenvalue weighted by atomic mass is 127. The molecule has 1 amide bonds. The molecule has 1 atom stereocenters. The molecule has 166 valence electrons. The van der Waals surface area contributed by atoms with E-state index >= 15 is 0 Å². The van der Waals surface area contributed by atoms with Gasteiger partial charge in [0.15, 0.2) is 5.96 Å². The predicted octanol–water partition coefficient (Wildman–Crippen LogP) is 3.09. The molecule has 2 rings (SSSR count). The lowest BCUT2D eigenvalue weighted by Gasteiger charge is -2.18. The number of rotatable bonds is 8. The molecule has 0 aliphatic rings. The zero-order valence-electron chi connectivity index (χ0n) is 18.9. The first-order valence-electron chi connectivity index (χ1n) is 10.3. The molecular formula is C22H35IN6O. The molecule has 1 heterocycles. The van der Waals surface area contributed by atoms with Crippen LogP contribution in [0, 0.1) is 13.8 Å². The van der Waals surface area contributed by atoms with E-state index in [1.807, 2.05) is 42.9 Å². The molecule has 0 bridgehead atoms. The summed E-state index contributed by atoms with van der Waals surface area (Å²) in [6.45, 7) is 12.2. The highest BCUT2D eigenvalue weighted by Gasteiger charge is 2.14. The molecule has 0 aliphatic heterocycles. The van der Waals surface area contributed by atoms with Crippen molar-refractivity contribution in [1.29, 1.82) is 0 Å². The fraction of sp³-hybridized carbons (Fsp3) is 0.500. The van der Waals surface area contributed by atoms with Gasteiger partial charge in [-0.3, -0.25) is 9.48 Å². The van der Waals surface area contributed by atoms with Crippen LogP contribution in [0.15, 0.2) is 29.3 Å². The maximum atomic E-state index is 11.9. The second kappa shape index (κ2) is 12.6. The number of aryl methyl sites for hydroxylation is 2. The predicted molar refractivity (Wildman–Crippen MR) is 134 cm³/mol. The van der Waals surface area contributed by atoms with E-state index in [0.29, 0.717) is 18.7 Å². The van der Waals surface area contributed by atoms with Crippen molar-refractivity contribution in [2.75, 3.05) is 13.1 Å². The Bertz CT molecular complexity index is 844. The molecule has 1 aromatic heterocycles. The minimum absolute atomic E-state index is 0. The average molecular weight is 526 g/mol. The molecule has 0 aliphatic carbocycles. The van der Waals surface area contributed by atoms with Crippen molar-refractivity contribution in [2.24, 2.45) is 12.0 Å². The van der Waals surface area contributed by atoms with E-state index in [1.165, 1.54) is 11.3 Å². The van der Waals surface area contributed by atoms with Crippen molar-refractivity contribution in [3.8, 4) is 0 Å². The van der Waals surface area contributed by atoms with Crippen LogP contribution in [-0.4, -0.2) is 40.8 Å². The molecule has 0 saturated heterocycles. The Morgan fingerprint density at radius 2 is 1.77 bits per heavy atom. The summed E-state index contributed by atoms with van der Waals surface area (Å²) < 4.78 is 1.93. The van der Waals surface area contributed by atoms with E-state index in [0.717, 1.165) is 30.2 Å². The Morgan fingerprint density at radius 1 is 1.13 bits per heavy atom. The molecule has 0 saturated carbocycles. The summed E-state index contributed by atoms with van der Waals surface area (Å²) in [4.78, 5) is 16.6. The summed E-state index contributed by atoms with van der Waals surface area (Å²) in [6, 6.07) is 7.79. The van der Waals surface area contributed by atoms with Crippen LogP contribution in [-0.2, 0) is 20.0 Å². The average Bonchev–Trinajstić information content (AvgIpc) is 2.93. The van der Waals surface area contributed by atoms with Gasteiger partial charge in [0.2, 0.25) is 0 Å². The van der Waals surface area contributed by atoms with Crippen LogP contribution in [0.25, 0.3) is 0 Å². The van der Waals surface area contributed by atoms with Gasteiger partial charge < -0.3 is 16.0 Å². The van der Waals surface area contributed by atoms with Crippen LogP contribution in [0.1, 0.15) is 53.6 Å². The smallest absolute Gasteiger partial charge is 0.251 e. The van der Waals surface area contributed by atoms with Crippen molar-refractivity contribution in [3.05, 3.63) is 52.3 Å². The number of carbonyl (C=O) groups excluding carboxylic acids is 1. The molecule has 0 spiro atoms. The van der Waals surface area contributed by atoms with Crippen LogP contribution >= 0.6 is 24.0 Å². The zero-order valence-corrected chi connectivity index (χ0v) is 21.2. The number of amides is 1. The van der Waals surface area contributed by atoms with Crippen molar-refractivity contribution >= 4 is 35.8 Å². The fourth-order valence-corrected chi connectivity index (χ4v) is 3.22. The Morgan fingerprint density at radius 3 is 2.30 bits per heavy atom. The lowest BCUT2D eigenvalue weighted by molar-refractivity contribution is 0.0956. The summed E-state index contributed by atoms with van der Waals surface area (Å²) in [5.41, 5.74) is 5.28. The van der Waals surface area contributed by atoms with Gasteiger partial charge in [0.05, 0.1) is 12.2 Å². The summed E-state index contributed by atoms with van der Waals surface area (Å²) in [6.07, 6.45) is 0.886. The number of halogens is 1. The third-order valence-corrected chi connectivity index (χ3v) is 4.87. The molecule has 0 fully saturated rings. The van der Waals surface area contributed by atoms with Crippen LogP contribution in [0.5, 0.6) is 0 Å². The maximum absolute atomic E-state index is 11.9. The maximum Gasteiger partial charge on any atom is 0.251 e. The zero-order chi connectivity index (χ0) is 21.4. The molecule has 8 heteroatoms. The van der Waals surface area contributed by atoms with E-state index in [4.69, 9.17) is 4.99 Å². The van der Waals surface area contributed by atoms with E-state index in [1.54, 1.807) is 0 Å². The van der Waals surface area contributed by atoms with E-state index < -0.39 is 0 Å². The van der Waals surface area contributed by atoms with Crippen molar-refractivity contribution in [3.63, 3.8) is 0 Å². The standard InChI is InChI=1S/C22H34N6O.HI/c1-7-23-21(29)19-11-9-18(10-12-19)14-25-22(24-8-2)26-15(3)13-20-16(4)27-28(6)17(20)5;/h9-12,15H,7-8,13-14H2,1-6H3,(H,23,29)(H2,24,25,26);1H. The fourth-order valence-electron chi connectivity index (χ4n) is 3.22. The quantitative estimate of drug-likeness (QED) is 0.281. The van der Waals surface area contributed by atoms with Gasteiger partial charge in [-0.25, -0.2) is 4.99 Å². The Kier molecular flexibility index (Phi) is 10.9. The number of hydrogen-bond acceptors (Lipinski definition) is 3. The second-order valence-electron chi connectivity index (χ2n) is 7.27. The van der Waals surface area contributed by atoms with Gasteiger partial charge in [-0.1, -0.05) is 12.1 Å². The summed E-state index contributed by atoms with van der Waals surface area (Å²) in [5.74, 6) is 0.736. The number of hydrogen-bond donors (Lipinski definition) is 3. The Hall–Kier alpha value is -2.10. The number of aliphatic imine (C=N–C) groups is 1. The number of carbonyl (C=O) groups is 1. The van der Waals surface area contributed by atoms with Gasteiger partial charge in [-0.15, -0.1) is 24.0 Å². The van der Waals surface area contributed by atoms with Crippen LogP contribution in [0.4, 0.5) is 0 Å². The number of nitrogens with zero attached hydrogens (tertiary/aromatic N) is 3. The molecule has 2 aromatic rings. The summed E-state index contributed by atoms with van der Waals surface area (Å²) in [7, 11) is 1.98. The third-order valence-electron chi connectivity index (χ3n) is 4.87. The highest BCUT2D eigenvalue weighted by Crippen LogP contribution is 2.14. The monoisotopic (exact) mass is 526 g/mol. The van der Waals surface area contributed by atoms with Crippen LogP contribution in [0.2, 0.25) is 0 Å². The Balaban J connectivity index is 0.00000450. The molecule has 7 nitrogen and oxygen atoms in total. The van der Waals surface area contributed by atoms with Gasteiger partial charge >= 0.3 is 0 Å².